The zero-order valence-electron chi connectivity index (χ0n) is 14.3. The van der Waals surface area contributed by atoms with E-state index >= 15 is 0 Å². The molecule has 0 unspecified atom stereocenters. The van der Waals surface area contributed by atoms with E-state index in [0.717, 1.165) is 36.6 Å². The molecular formula is C17H20N4O4S. The third-order valence-electron chi connectivity index (χ3n) is 3.95. The normalized spacial score (nSPS) is 14.7. The van der Waals surface area contributed by atoms with Crippen LogP contribution >= 0.6 is 11.3 Å². The number of hydrogen-bond acceptors (Lipinski definition) is 8. The molecule has 2 heterocycles. The van der Waals surface area contributed by atoms with Gasteiger partial charge in [-0.15, -0.1) is 11.3 Å². The Labute approximate surface area is 154 Å². The minimum Gasteiger partial charge on any atom is -0.490 e. The molecule has 1 aliphatic heterocycles. The molecule has 8 nitrogen and oxygen atoms in total. The van der Waals surface area contributed by atoms with E-state index in [9.17, 15) is 9.90 Å². The summed E-state index contributed by atoms with van der Waals surface area (Å²) in [6, 6.07) is 6.06. The van der Waals surface area contributed by atoms with Gasteiger partial charge in [0.25, 0.3) is 0 Å². The number of carboxylic acids is 1. The highest BCUT2D eigenvalue weighted by Gasteiger charge is 2.17. The summed E-state index contributed by atoms with van der Waals surface area (Å²) in [4.78, 5) is 22.5. The molecule has 0 radical (unpaired) electrons. The van der Waals surface area contributed by atoms with Crippen molar-refractivity contribution in [2.45, 2.75) is 13.0 Å². The van der Waals surface area contributed by atoms with Crippen LogP contribution in [0.2, 0.25) is 0 Å². The van der Waals surface area contributed by atoms with Gasteiger partial charge in [-0.25, -0.2) is 9.78 Å². The molecule has 9 heteroatoms. The molecule has 26 heavy (non-hydrogen) atoms. The smallest absolute Gasteiger partial charge is 0.360 e. The molecule has 1 aromatic carbocycles. The molecule has 0 fully saturated rings. The number of carbonyl (C=O) groups is 1. The number of aliphatic carboxylic acids is 1. The molecule has 3 N–H and O–H groups in total. The summed E-state index contributed by atoms with van der Waals surface area (Å²) >= 11 is 1.14. The number of aromatic nitrogens is 1. The summed E-state index contributed by atoms with van der Waals surface area (Å²) < 4.78 is 5.66. The van der Waals surface area contributed by atoms with E-state index in [1.165, 1.54) is 16.5 Å². The van der Waals surface area contributed by atoms with Crippen LogP contribution in [0, 0.1) is 0 Å². The molecule has 1 aliphatic rings. The molecule has 0 saturated carbocycles. The summed E-state index contributed by atoms with van der Waals surface area (Å²) in [5.74, 6) is -0.456. The Morgan fingerprint density at radius 2 is 2.27 bits per heavy atom. The standard InChI is InChI=1S/C17H20N4O4S/c1-21-5-4-11-8-13(3-2-12(11)9-21)24-6-7-25-20-15(16(22)23)14-10-26-17(18)19-14/h2-3,8,10H,4-7,9H2,1H3,(H2,18,19)(H,22,23)/b20-15-. The van der Waals surface area contributed by atoms with Gasteiger partial charge in [0, 0.05) is 18.5 Å². The lowest BCUT2D eigenvalue weighted by Gasteiger charge is -2.25. The summed E-state index contributed by atoms with van der Waals surface area (Å²) in [5, 5.41) is 14.6. The van der Waals surface area contributed by atoms with Crippen molar-refractivity contribution in [3.05, 3.63) is 40.4 Å². The first-order chi connectivity index (χ1) is 12.5. The Hall–Kier alpha value is -2.65. The molecule has 0 aliphatic carbocycles. The Balaban J connectivity index is 1.51. The lowest BCUT2D eigenvalue weighted by atomic mass is 10.00. The highest BCUT2D eigenvalue weighted by Crippen LogP contribution is 2.23. The zero-order chi connectivity index (χ0) is 18.5. The van der Waals surface area contributed by atoms with Crippen molar-refractivity contribution >= 4 is 28.1 Å². The molecule has 0 atom stereocenters. The number of fused-ring (bicyclic) bond motifs is 1. The van der Waals surface area contributed by atoms with E-state index in [1.807, 2.05) is 12.1 Å². The van der Waals surface area contributed by atoms with Crippen molar-refractivity contribution in [1.29, 1.82) is 0 Å². The van der Waals surface area contributed by atoms with Crippen LogP contribution in [-0.4, -0.2) is 53.5 Å². The van der Waals surface area contributed by atoms with Crippen LogP contribution in [0.25, 0.3) is 0 Å². The third kappa shape index (κ3) is 4.50. The highest BCUT2D eigenvalue weighted by molar-refractivity contribution is 7.13. The van der Waals surface area contributed by atoms with E-state index in [0.29, 0.717) is 0 Å². The fourth-order valence-corrected chi connectivity index (χ4v) is 3.21. The van der Waals surface area contributed by atoms with Gasteiger partial charge in [0.2, 0.25) is 5.71 Å². The van der Waals surface area contributed by atoms with Gasteiger partial charge < -0.3 is 25.3 Å². The van der Waals surface area contributed by atoms with Crippen molar-refractivity contribution in [3.8, 4) is 5.75 Å². The number of ether oxygens (including phenoxy) is 1. The molecule has 1 aromatic heterocycles. The maximum Gasteiger partial charge on any atom is 0.360 e. The van der Waals surface area contributed by atoms with E-state index in [4.69, 9.17) is 15.3 Å². The molecule has 0 amide bonds. The van der Waals surface area contributed by atoms with Gasteiger partial charge in [0.1, 0.15) is 18.1 Å². The number of thiazole rings is 1. The number of benzene rings is 1. The molecule has 2 aromatic rings. The SMILES string of the molecule is CN1CCc2cc(OCCO/N=C(\C(=O)O)c3csc(N)n3)ccc2C1. The van der Waals surface area contributed by atoms with E-state index in [1.54, 1.807) is 0 Å². The van der Waals surface area contributed by atoms with E-state index in [2.05, 4.69) is 28.2 Å². The van der Waals surface area contributed by atoms with Crippen LogP contribution in [-0.2, 0) is 22.6 Å². The molecule has 3 rings (SSSR count). The van der Waals surface area contributed by atoms with Gasteiger partial charge in [-0.2, -0.15) is 0 Å². The van der Waals surface area contributed by atoms with Gasteiger partial charge in [-0.3, -0.25) is 0 Å². The minimum atomic E-state index is -1.23. The van der Waals surface area contributed by atoms with Crippen molar-refractivity contribution < 1.29 is 19.5 Å². The molecule has 0 saturated heterocycles. The van der Waals surface area contributed by atoms with Gasteiger partial charge in [-0.05, 0) is 36.7 Å². The first-order valence-electron chi connectivity index (χ1n) is 8.10. The van der Waals surface area contributed by atoms with Crippen LogP contribution in [0.15, 0.2) is 28.7 Å². The number of nitrogens with two attached hydrogens (primary N) is 1. The number of hydrogen-bond donors (Lipinski definition) is 2. The van der Waals surface area contributed by atoms with Gasteiger partial charge >= 0.3 is 5.97 Å². The first-order valence-corrected chi connectivity index (χ1v) is 8.98. The second-order valence-electron chi connectivity index (χ2n) is 5.92. The lowest BCUT2D eigenvalue weighted by Crippen LogP contribution is -2.26. The first kappa shape index (κ1) is 18.2. The van der Waals surface area contributed by atoms with Gasteiger partial charge in [0.05, 0.1) is 0 Å². The number of nitrogen functional groups attached to an aromatic ring is 1. The quantitative estimate of drug-likeness (QED) is 0.429. The fraction of sp³-hybridized carbons (Fsp3) is 0.353. The van der Waals surface area contributed by atoms with Crippen LogP contribution in [0.5, 0.6) is 5.75 Å². The second-order valence-corrected chi connectivity index (χ2v) is 6.81. The number of likely N-dealkylation sites (N-methyl/N-ethyl adjacent to an activating group) is 1. The Morgan fingerprint density at radius 3 is 3.00 bits per heavy atom. The monoisotopic (exact) mass is 376 g/mol. The second kappa shape index (κ2) is 8.15. The van der Waals surface area contributed by atoms with Crippen molar-refractivity contribution in [2.24, 2.45) is 5.16 Å². The predicted octanol–water partition coefficient (Wildman–Crippen LogP) is 1.60. The Morgan fingerprint density at radius 1 is 1.42 bits per heavy atom. The summed E-state index contributed by atoms with van der Waals surface area (Å²) in [7, 11) is 2.11. The third-order valence-corrected chi connectivity index (χ3v) is 4.62. The van der Waals surface area contributed by atoms with Crippen molar-refractivity contribution in [3.63, 3.8) is 0 Å². The summed E-state index contributed by atoms with van der Waals surface area (Å²) in [6.45, 7) is 2.37. The van der Waals surface area contributed by atoms with Crippen LogP contribution < -0.4 is 10.5 Å². The fourth-order valence-electron chi connectivity index (χ4n) is 2.66. The molecule has 0 bridgehead atoms. The number of anilines is 1. The van der Waals surface area contributed by atoms with E-state index in [-0.39, 0.29) is 29.8 Å². The Kier molecular flexibility index (Phi) is 5.69. The van der Waals surface area contributed by atoms with E-state index < -0.39 is 5.97 Å². The predicted molar refractivity (Wildman–Crippen MR) is 98.6 cm³/mol. The molecule has 138 valence electrons. The van der Waals surface area contributed by atoms with Crippen molar-refractivity contribution in [1.82, 2.24) is 9.88 Å². The average molecular weight is 376 g/mol. The zero-order valence-corrected chi connectivity index (χ0v) is 15.2. The molecular weight excluding hydrogens is 356 g/mol. The lowest BCUT2D eigenvalue weighted by molar-refractivity contribution is -0.129. The van der Waals surface area contributed by atoms with Gasteiger partial charge in [-0.1, -0.05) is 11.2 Å². The topological polar surface area (TPSA) is 110 Å². The number of rotatable bonds is 7. The summed E-state index contributed by atoms with van der Waals surface area (Å²) in [6.07, 6.45) is 1.00. The van der Waals surface area contributed by atoms with Crippen molar-refractivity contribution in [2.75, 3.05) is 32.5 Å². The summed E-state index contributed by atoms with van der Waals surface area (Å²) in [5.41, 5.74) is 8.03. The number of oxime groups is 1. The number of carboxylic acid groups (broad SMARTS) is 1. The highest BCUT2D eigenvalue weighted by atomic mass is 32.1. The van der Waals surface area contributed by atoms with Crippen LogP contribution in [0.3, 0.4) is 0 Å². The maximum atomic E-state index is 11.2. The van der Waals surface area contributed by atoms with Gasteiger partial charge in [0.15, 0.2) is 11.7 Å². The maximum absolute atomic E-state index is 11.2. The Bertz CT molecular complexity index is 821. The largest absolute Gasteiger partial charge is 0.490 e. The van der Waals surface area contributed by atoms with Crippen LogP contribution in [0.1, 0.15) is 16.8 Å². The minimum absolute atomic E-state index is 0.121. The van der Waals surface area contributed by atoms with Crippen LogP contribution in [0.4, 0.5) is 5.13 Å². The average Bonchev–Trinajstić information content (AvgIpc) is 3.03. The number of nitrogens with zero attached hydrogens (tertiary/aromatic N) is 3. The molecule has 0 spiro atoms.